The molecule has 0 atom stereocenters. The summed E-state index contributed by atoms with van der Waals surface area (Å²) in [7, 11) is 7.57. The van der Waals surface area contributed by atoms with Gasteiger partial charge in [0.15, 0.2) is 0 Å². The molecule has 8 heteroatoms. The maximum atomic E-state index is 5.82. The molecule has 1 aliphatic heterocycles. The molecule has 1 heterocycles. The second-order valence-corrected chi connectivity index (χ2v) is 21.2. The van der Waals surface area contributed by atoms with Crippen LogP contribution in [0.4, 0.5) is 0 Å². The fraction of sp³-hybridized carbons (Fsp3) is 1.00. The normalized spacial score (nSPS) is 32.6. The van der Waals surface area contributed by atoms with Crippen LogP contribution in [0.3, 0.4) is 0 Å². The van der Waals surface area contributed by atoms with Crippen LogP contribution >= 0.6 is 37.5 Å². The lowest BCUT2D eigenvalue weighted by atomic mass is 10.6. The maximum absolute atomic E-state index is 5.82. The average molecular weight is 293 g/mol. The monoisotopic (exact) mass is 292 g/mol. The van der Waals surface area contributed by atoms with E-state index in [0.717, 1.165) is 12.2 Å². The number of hydrogen-bond donors (Lipinski definition) is 0. The van der Waals surface area contributed by atoms with Gasteiger partial charge in [0.2, 0.25) is 0 Å². The first-order chi connectivity index (χ1) is 6.56. The first-order valence-electron chi connectivity index (χ1n) is 4.13. The highest BCUT2D eigenvalue weighted by Crippen LogP contribution is 3.04. The Labute approximate surface area is 98.0 Å². The second kappa shape index (κ2) is 4.06. The molecule has 86 valence electrons. The van der Waals surface area contributed by atoms with Crippen molar-refractivity contribution >= 4 is 45.3 Å². The van der Waals surface area contributed by atoms with Crippen LogP contribution in [0.25, 0.3) is 0 Å². The molecule has 0 bridgehead atoms. The third kappa shape index (κ3) is 1.67. The minimum absolute atomic E-state index is 0.511. The average Bonchev–Trinajstić information content (AvgIpc) is 2.64. The largest absolute Gasteiger partial charge is 0.312 e. The molecule has 0 aromatic rings. The Morgan fingerprint density at radius 1 is 1.14 bits per heavy atom. The summed E-state index contributed by atoms with van der Waals surface area (Å²) in [5.74, 6) is 0.840. The van der Waals surface area contributed by atoms with Crippen molar-refractivity contribution in [3.05, 3.63) is 0 Å². The van der Waals surface area contributed by atoms with E-state index in [4.69, 9.17) is 12.5 Å². The molecule has 1 rings (SSSR count). The van der Waals surface area contributed by atoms with Gasteiger partial charge in [-0.05, 0) is 23.9 Å². The van der Waals surface area contributed by atoms with Crippen LogP contribution in [-0.2, 0) is 12.5 Å². The lowest BCUT2D eigenvalue weighted by Crippen LogP contribution is -2.42. The van der Waals surface area contributed by atoms with Gasteiger partial charge in [-0.3, -0.25) is 0 Å². The van der Waals surface area contributed by atoms with E-state index >= 15 is 0 Å². The summed E-state index contributed by atoms with van der Waals surface area (Å²) in [4.78, 5) is 0. The Hall–Kier alpha value is 1.50. The predicted molar refractivity (Wildman–Crippen MR) is 72.3 cm³/mol. The highest BCUT2D eigenvalue weighted by atomic mass is 33.8. The minimum atomic E-state index is -3.20. The zero-order valence-corrected chi connectivity index (χ0v) is 13.0. The molecule has 0 aromatic carbocycles. The molecule has 0 aromatic heterocycles. The van der Waals surface area contributed by atoms with Gasteiger partial charge < -0.3 is 12.5 Å². The molecule has 0 unspecified atom stereocenters. The minimum Gasteiger partial charge on any atom is -0.312 e. The fourth-order valence-electron chi connectivity index (χ4n) is 1.34. The fourth-order valence-corrected chi connectivity index (χ4v) is 37.4. The first kappa shape index (κ1) is 13.6. The molecule has 1 fully saturated rings. The third-order valence-corrected chi connectivity index (χ3v) is 30.6. The molecular formula is C6H16O3S4Si. The smallest absolute Gasteiger partial charge is 0.278 e. The zero-order chi connectivity index (χ0) is 10.8. The number of hydrogen-bond acceptors (Lipinski definition) is 6. The van der Waals surface area contributed by atoms with Crippen LogP contribution in [0, 0.1) is 0 Å². The van der Waals surface area contributed by atoms with Gasteiger partial charge in [-0.15, -0.1) is 0 Å². The first-order valence-corrected chi connectivity index (χ1v) is 13.0. The molecule has 2 radical (unpaired) electrons. The van der Waals surface area contributed by atoms with Gasteiger partial charge in [-0.2, -0.15) is 0 Å². The lowest BCUT2D eigenvalue weighted by molar-refractivity contribution is 0.231. The quantitative estimate of drug-likeness (QED) is 0.569. The molecule has 0 saturated carbocycles. The van der Waals surface area contributed by atoms with E-state index in [9.17, 15) is 0 Å². The molecule has 0 N–H and O–H groups in total. The highest BCUT2D eigenvalue weighted by Gasteiger charge is 2.66. The van der Waals surface area contributed by atoms with Crippen LogP contribution < -0.4 is 0 Å². The van der Waals surface area contributed by atoms with Gasteiger partial charge in [0.25, 0.3) is 7.82 Å². The SMILES string of the molecule is CCCS1(OC)(OC)(OC)[Si]SSS1. The van der Waals surface area contributed by atoms with Crippen molar-refractivity contribution in [2.45, 2.75) is 13.3 Å². The maximum Gasteiger partial charge on any atom is 0.278 e. The van der Waals surface area contributed by atoms with Crippen molar-refractivity contribution < 1.29 is 12.5 Å². The molecule has 0 amide bonds. The van der Waals surface area contributed by atoms with E-state index < -0.39 is 7.62 Å². The summed E-state index contributed by atoms with van der Waals surface area (Å²) in [5, 5.41) is 0. The summed E-state index contributed by atoms with van der Waals surface area (Å²) in [5.41, 5.74) is 0. The lowest BCUT2D eigenvalue weighted by Gasteiger charge is -2.70. The summed E-state index contributed by atoms with van der Waals surface area (Å²) >= 11 is 0. The van der Waals surface area contributed by atoms with Crippen LogP contribution in [0.1, 0.15) is 13.3 Å². The summed E-state index contributed by atoms with van der Waals surface area (Å²) in [6, 6.07) is 0. The van der Waals surface area contributed by atoms with Gasteiger partial charge in [-0.1, -0.05) is 17.2 Å². The van der Waals surface area contributed by atoms with E-state index in [1.165, 1.54) is 0 Å². The van der Waals surface area contributed by atoms with Crippen LogP contribution in [-0.4, -0.2) is 34.9 Å². The van der Waals surface area contributed by atoms with Crippen LogP contribution in [0.15, 0.2) is 0 Å². The molecule has 0 aliphatic carbocycles. The van der Waals surface area contributed by atoms with Gasteiger partial charge >= 0.3 is 0 Å². The van der Waals surface area contributed by atoms with Gasteiger partial charge in [0.05, 0.1) is 21.3 Å². The van der Waals surface area contributed by atoms with Gasteiger partial charge in [0.1, 0.15) is 0 Å². The van der Waals surface area contributed by atoms with Gasteiger partial charge in [-0.25, -0.2) is 0 Å². The third-order valence-electron chi connectivity index (χ3n) is 2.31. The highest BCUT2D eigenvalue weighted by molar-refractivity contribution is 9.52. The van der Waals surface area contributed by atoms with E-state index in [2.05, 4.69) is 6.92 Å². The predicted octanol–water partition coefficient (Wildman–Crippen LogP) is 3.45. The molecule has 0 spiro atoms. The van der Waals surface area contributed by atoms with Crippen molar-refractivity contribution in [2.75, 3.05) is 27.1 Å². The Bertz CT molecular complexity index is 209. The topological polar surface area (TPSA) is 27.7 Å². The van der Waals surface area contributed by atoms with E-state index in [1.807, 2.05) is 0 Å². The molecule has 14 heavy (non-hydrogen) atoms. The summed E-state index contributed by atoms with van der Waals surface area (Å²) in [6.07, 6.45) is 0.998. The van der Waals surface area contributed by atoms with Crippen LogP contribution in [0.5, 0.6) is 0 Å². The van der Waals surface area contributed by atoms with Crippen molar-refractivity contribution in [3.8, 4) is 0 Å². The van der Waals surface area contributed by atoms with Crippen molar-refractivity contribution in [1.82, 2.24) is 0 Å². The van der Waals surface area contributed by atoms with Crippen molar-refractivity contribution in [3.63, 3.8) is 0 Å². The van der Waals surface area contributed by atoms with Crippen molar-refractivity contribution in [1.29, 1.82) is 0 Å². The summed E-state index contributed by atoms with van der Waals surface area (Å²) in [6.45, 7) is 2.13. The Kier molecular flexibility index (Phi) is 3.93. The van der Waals surface area contributed by atoms with Crippen molar-refractivity contribution in [2.24, 2.45) is 0 Å². The zero-order valence-electron chi connectivity index (χ0n) is 8.77. The molecule has 1 aliphatic rings. The van der Waals surface area contributed by atoms with E-state index in [0.29, 0.717) is 7.82 Å². The Balaban J connectivity index is 3.19. The molecule has 3 nitrogen and oxygen atoms in total. The molecule has 1 saturated heterocycles. The van der Waals surface area contributed by atoms with E-state index in [-0.39, 0.29) is 0 Å². The second-order valence-electron chi connectivity index (χ2n) is 2.86. The Morgan fingerprint density at radius 2 is 1.71 bits per heavy atom. The van der Waals surface area contributed by atoms with Gasteiger partial charge in [0, 0.05) is 15.6 Å². The van der Waals surface area contributed by atoms with Crippen LogP contribution in [0.2, 0.25) is 0 Å². The standard InChI is InChI=1S/C6H16O3S4Si/c1-5-6-13(7-2,8-3,9-4)11-10-12-14-13/h5-6H2,1-4H3. The number of rotatable bonds is 5. The Morgan fingerprint density at radius 3 is 2.00 bits per heavy atom. The van der Waals surface area contributed by atoms with E-state index in [1.54, 1.807) is 51.2 Å². The summed E-state index contributed by atoms with van der Waals surface area (Å²) < 4.78 is 17.5. The molecular weight excluding hydrogens is 276 g/mol.